The zero-order valence-electron chi connectivity index (χ0n) is 11.7. The first-order valence-corrected chi connectivity index (χ1v) is 5.53. The van der Waals surface area contributed by atoms with E-state index in [9.17, 15) is 61.5 Å². The molecule has 0 aliphatic rings. The Morgan fingerprint density at radius 1 is 0.407 bits per heavy atom. The summed E-state index contributed by atoms with van der Waals surface area (Å²) < 4.78 is 182. The minimum atomic E-state index is -6.39. The van der Waals surface area contributed by atoms with Gasteiger partial charge in [0.25, 0.3) is 0 Å². The minimum absolute atomic E-state index is 2.30. The van der Waals surface area contributed by atoms with Gasteiger partial charge >= 0.3 is 37.2 Å². The second kappa shape index (κ2) is 8.05. The molecule has 0 saturated carbocycles. The fraction of sp³-hybridized carbons (Fsp3) is 1.00. The van der Waals surface area contributed by atoms with Crippen LogP contribution in [0.3, 0.4) is 0 Å². The van der Waals surface area contributed by atoms with Gasteiger partial charge in [0.05, 0.1) is 0 Å². The van der Waals surface area contributed by atoms with Crippen molar-refractivity contribution in [3.63, 3.8) is 0 Å². The summed E-state index contributed by atoms with van der Waals surface area (Å²) in [5, 5.41) is 0. The first-order valence-electron chi connectivity index (χ1n) is 5.53. The molecule has 0 amide bonds. The van der Waals surface area contributed by atoms with E-state index in [0.717, 1.165) is 0 Å². The molecule has 0 atom stereocenters. The predicted octanol–water partition coefficient (Wildman–Crippen LogP) is 4.40. The van der Waals surface area contributed by atoms with Gasteiger partial charge in [0.1, 0.15) is 0 Å². The van der Waals surface area contributed by atoms with Crippen LogP contribution in [0.25, 0.3) is 0 Å². The van der Waals surface area contributed by atoms with Crippen LogP contribution >= 0.6 is 0 Å². The Morgan fingerprint density at radius 2 is 0.667 bits per heavy atom. The molecule has 0 unspecified atom stereocenters. The first-order chi connectivity index (χ1) is 11.6. The van der Waals surface area contributed by atoms with Crippen LogP contribution in [0, 0.1) is 0 Å². The average molecular weight is 446 g/mol. The summed E-state index contributed by atoms with van der Waals surface area (Å²) in [6.45, 7) is -5.36. The summed E-state index contributed by atoms with van der Waals surface area (Å²) in [6.07, 6.45) is -36.3. The summed E-state index contributed by atoms with van der Waals surface area (Å²) in [6, 6.07) is 0. The fourth-order valence-electron chi connectivity index (χ4n) is 0.705. The third kappa shape index (κ3) is 8.58. The summed E-state index contributed by atoms with van der Waals surface area (Å²) in [5.74, 6) is 0. The zero-order valence-corrected chi connectivity index (χ0v) is 11.7. The van der Waals surface area contributed by atoms with Gasteiger partial charge in [0, 0.05) is 0 Å². The van der Waals surface area contributed by atoms with Crippen molar-refractivity contribution in [1.29, 1.82) is 0 Å². The van der Waals surface area contributed by atoms with Gasteiger partial charge in [0.15, 0.2) is 13.6 Å². The molecule has 0 N–H and O–H groups in total. The molecule has 0 radical (unpaired) electrons. The van der Waals surface area contributed by atoms with E-state index in [0.29, 0.717) is 0 Å². The van der Waals surface area contributed by atoms with Crippen molar-refractivity contribution in [2.45, 2.75) is 37.2 Å². The smallest absolute Gasteiger partial charge is 0.286 e. The number of hydrogen-bond donors (Lipinski definition) is 0. The Labute approximate surface area is 137 Å². The summed E-state index contributed by atoms with van der Waals surface area (Å²) >= 11 is 0. The van der Waals surface area contributed by atoms with Crippen LogP contribution in [0.5, 0.6) is 0 Å². The molecule has 27 heavy (non-hydrogen) atoms. The van der Waals surface area contributed by atoms with Crippen molar-refractivity contribution < 1.29 is 85.2 Å². The molecule has 0 saturated heterocycles. The lowest BCUT2D eigenvalue weighted by molar-refractivity contribution is -0.546. The molecule has 0 rings (SSSR count). The zero-order chi connectivity index (χ0) is 21.9. The Morgan fingerprint density at radius 3 is 0.889 bits per heavy atom. The van der Waals surface area contributed by atoms with E-state index >= 15 is 0 Å². The standard InChI is InChI=1S/C8H4F14O5/c9-3(10,11)5(15,16)23-1-25-7(19,20)27-8(21,22)26-2-24-6(17,18)4(12,13)14/h1-2H2. The quantitative estimate of drug-likeness (QED) is 0.368. The van der Waals surface area contributed by atoms with Gasteiger partial charge in [-0.2, -0.15) is 43.9 Å². The van der Waals surface area contributed by atoms with Gasteiger partial charge < -0.3 is 0 Å². The molecule has 0 aromatic carbocycles. The van der Waals surface area contributed by atoms with Crippen LogP contribution in [-0.2, 0) is 23.7 Å². The Bertz CT molecular complexity index is 429. The lowest BCUT2D eigenvalue weighted by Crippen LogP contribution is -2.43. The lowest BCUT2D eigenvalue weighted by atomic mass is 10.6. The van der Waals surface area contributed by atoms with E-state index in [-0.39, 0.29) is 0 Å². The molecule has 164 valence electrons. The largest absolute Gasteiger partial charge is 0.494 e. The van der Waals surface area contributed by atoms with E-state index in [4.69, 9.17) is 0 Å². The molecule has 0 bridgehead atoms. The van der Waals surface area contributed by atoms with Gasteiger partial charge in [-0.1, -0.05) is 0 Å². The van der Waals surface area contributed by atoms with Crippen LogP contribution in [0.15, 0.2) is 0 Å². The Kier molecular flexibility index (Phi) is 7.70. The van der Waals surface area contributed by atoms with Gasteiger partial charge in [0.2, 0.25) is 0 Å². The maximum absolute atomic E-state index is 12.7. The highest BCUT2D eigenvalue weighted by Crippen LogP contribution is 2.38. The van der Waals surface area contributed by atoms with Crippen LogP contribution in [0.4, 0.5) is 61.5 Å². The highest BCUT2D eigenvalue weighted by molar-refractivity contribution is 4.63. The molecule has 19 heteroatoms. The predicted molar refractivity (Wildman–Crippen MR) is 47.1 cm³/mol. The number of rotatable bonds is 10. The number of alkyl halides is 14. The van der Waals surface area contributed by atoms with Crippen molar-refractivity contribution in [2.75, 3.05) is 13.6 Å². The third-order valence-electron chi connectivity index (χ3n) is 1.83. The van der Waals surface area contributed by atoms with E-state index in [1.165, 1.54) is 0 Å². The van der Waals surface area contributed by atoms with E-state index in [2.05, 4.69) is 23.7 Å². The van der Waals surface area contributed by atoms with Crippen LogP contribution in [0.2, 0.25) is 0 Å². The monoisotopic (exact) mass is 446 g/mol. The second-order valence-electron chi connectivity index (χ2n) is 3.87. The summed E-state index contributed by atoms with van der Waals surface area (Å²) in [7, 11) is 0. The number of ether oxygens (including phenoxy) is 5. The van der Waals surface area contributed by atoms with Crippen LogP contribution in [-0.4, -0.2) is 50.7 Å². The van der Waals surface area contributed by atoms with E-state index in [1.807, 2.05) is 0 Å². The average Bonchev–Trinajstić information content (AvgIpc) is 2.32. The van der Waals surface area contributed by atoms with Crippen molar-refractivity contribution >= 4 is 0 Å². The Hall–Kier alpha value is -1.18. The SMILES string of the molecule is FC(F)(OCOC(F)(F)C(F)(F)F)OC(F)(F)OCOC(F)(F)C(F)(F)F. The summed E-state index contributed by atoms with van der Waals surface area (Å²) in [5.41, 5.74) is 0. The second-order valence-corrected chi connectivity index (χ2v) is 3.87. The highest BCUT2D eigenvalue weighted by atomic mass is 19.4. The number of hydrogen-bond acceptors (Lipinski definition) is 5. The molecular formula is C8H4F14O5. The van der Waals surface area contributed by atoms with Gasteiger partial charge in [-0.25, -0.2) is 4.74 Å². The first kappa shape index (κ1) is 25.8. The topological polar surface area (TPSA) is 46.2 Å². The Balaban J connectivity index is 4.57. The van der Waals surface area contributed by atoms with E-state index in [1.54, 1.807) is 0 Å². The third-order valence-corrected chi connectivity index (χ3v) is 1.83. The molecule has 0 fully saturated rings. The fourth-order valence-corrected chi connectivity index (χ4v) is 0.705. The van der Waals surface area contributed by atoms with Gasteiger partial charge in [-0.15, -0.1) is 17.6 Å². The normalized spacial score (nSPS) is 15.3. The molecule has 0 spiro atoms. The lowest BCUT2D eigenvalue weighted by Gasteiger charge is -2.25. The van der Waals surface area contributed by atoms with Gasteiger partial charge in [-0.05, 0) is 0 Å². The molecule has 5 nitrogen and oxygen atoms in total. The molecule has 0 aliphatic heterocycles. The molecule has 0 heterocycles. The van der Waals surface area contributed by atoms with Crippen molar-refractivity contribution in [3.8, 4) is 0 Å². The maximum atomic E-state index is 12.7. The maximum Gasteiger partial charge on any atom is 0.494 e. The van der Waals surface area contributed by atoms with Crippen LogP contribution < -0.4 is 0 Å². The summed E-state index contributed by atoms with van der Waals surface area (Å²) in [4.78, 5) is 0. The molecular weight excluding hydrogens is 442 g/mol. The van der Waals surface area contributed by atoms with Crippen molar-refractivity contribution in [1.82, 2.24) is 0 Å². The number of halogens is 14. The highest BCUT2D eigenvalue weighted by Gasteiger charge is 2.61. The van der Waals surface area contributed by atoms with E-state index < -0.39 is 50.7 Å². The molecule has 0 aromatic rings. The molecule has 0 aromatic heterocycles. The van der Waals surface area contributed by atoms with Crippen LogP contribution in [0.1, 0.15) is 0 Å². The van der Waals surface area contributed by atoms with Gasteiger partial charge in [-0.3, -0.25) is 18.9 Å². The minimum Gasteiger partial charge on any atom is -0.286 e. The van der Waals surface area contributed by atoms with Crippen molar-refractivity contribution in [2.24, 2.45) is 0 Å². The molecule has 0 aliphatic carbocycles. The van der Waals surface area contributed by atoms with Crippen molar-refractivity contribution in [3.05, 3.63) is 0 Å².